The molecule has 237 valence electrons. The Morgan fingerprint density at radius 2 is 1.60 bits per heavy atom. The fourth-order valence-corrected chi connectivity index (χ4v) is 6.34. The van der Waals surface area contributed by atoms with Gasteiger partial charge in [0.15, 0.2) is 0 Å². The minimum atomic E-state index is -1.52. The Hall–Kier alpha value is -1.47. The first kappa shape index (κ1) is 44.6. The van der Waals surface area contributed by atoms with Crippen molar-refractivity contribution in [2.75, 3.05) is 0 Å². The van der Waals surface area contributed by atoms with Crippen LogP contribution in [0.5, 0.6) is 0 Å². The van der Waals surface area contributed by atoms with Gasteiger partial charge in [-0.05, 0) is 62.8 Å². The van der Waals surface area contributed by atoms with Crippen LogP contribution >= 0.6 is 0 Å². The molecule has 1 aromatic rings. The normalized spacial score (nSPS) is 19.3. The van der Waals surface area contributed by atoms with Crippen molar-refractivity contribution in [2.24, 2.45) is 26.8 Å². The molecule has 1 radical (unpaired) electrons. The van der Waals surface area contributed by atoms with Crippen molar-refractivity contribution in [3.05, 3.63) is 91.5 Å². The number of hydrogen-bond acceptors (Lipinski definition) is 9. The molecule has 0 fully saturated rings. The molecule has 0 spiro atoms. The quantitative estimate of drug-likeness (QED) is 0.198. The molecule has 0 aliphatic carbocycles. The number of aromatic nitrogens is 1. The minimum Gasteiger partial charge on any atom is -0.883 e. The van der Waals surface area contributed by atoms with Crippen LogP contribution in [-0.2, 0) is 33.1 Å². The molecule has 0 saturated carbocycles. The van der Waals surface area contributed by atoms with E-state index in [1.54, 1.807) is 25.2 Å². The molecule has 5 rings (SSSR count). The molecule has 5 heterocycles. The van der Waals surface area contributed by atoms with E-state index in [4.69, 9.17) is 15.0 Å². The molecule has 0 unspecified atom stereocenters. The SMILES string of the molecule is C=CC1=C(C)C2=CC3=NC(=C(CC(=O)[O-])C4=NC(=C(C)C4=C([O-])[O-])C=c4[n-]c(c(C)c4CC)=CC1=N2)[C@@H](CCC(=O)[O-])[C@@H]3C.[Cu+2].[Na+].[Na+].[Na+]. The molecule has 0 saturated heterocycles. The van der Waals surface area contributed by atoms with Crippen LogP contribution in [0.15, 0.2) is 84.6 Å². The second kappa shape index (κ2) is 18.1. The van der Waals surface area contributed by atoms with Crippen molar-refractivity contribution in [2.45, 2.75) is 60.3 Å². The van der Waals surface area contributed by atoms with Crippen LogP contribution in [0, 0.1) is 18.8 Å². The second-order valence-electron chi connectivity index (χ2n) is 11.3. The number of carboxylic acid groups (broad SMARTS) is 2. The minimum absolute atomic E-state index is 0. The fourth-order valence-electron chi connectivity index (χ4n) is 6.34. The van der Waals surface area contributed by atoms with Gasteiger partial charge in [0.1, 0.15) is 0 Å². The Kier molecular flexibility index (Phi) is 16.8. The summed E-state index contributed by atoms with van der Waals surface area (Å²) in [7, 11) is 0. The number of carbonyl (C=O) groups excluding carboxylic acids is 2. The number of rotatable bonds is 7. The molecule has 1 aromatic heterocycles. The largest absolute Gasteiger partial charge is 2.00 e. The predicted molar refractivity (Wildman–Crippen MR) is 159 cm³/mol. The van der Waals surface area contributed by atoms with Crippen LogP contribution in [0.1, 0.15) is 58.1 Å². The summed E-state index contributed by atoms with van der Waals surface area (Å²) in [6.07, 6.45) is 6.85. The number of nitrogens with zero attached hydrogens (tertiary/aromatic N) is 4. The van der Waals surface area contributed by atoms with Crippen LogP contribution < -0.4 is 125 Å². The molecule has 0 amide bonds. The first-order valence-corrected chi connectivity index (χ1v) is 14.5. The summed E-state index contributed by atoms with van der Waals surface area (Å²) in [5.41, 5.74) is 5.92. The first-order valence-electron chi connectivity index (χ1n) is 14.5. The predicted octanol–water partition coefficient (Wildman–Crippen LogP) is -9.77. The zero-order chi connectivity index (χ0) is 32.0. The Bertz CT molecular complexity index is 1920. The van der Waals surface area contributed by atoms with E-state index in [2.05, 4.69) is 11.6 Å². The molecule has 0 N–H and O–H groups in total. The standard InChI is InChI=1S/C34H36N4O6.Cu.3Na/c1-7-19-15(3)23-12-25-17(5)21(9-10-29(39)40)32(37-25)22(11-30(41)42)33-31(34(43)44)18(6)26(38-33)14-28-20(8-2)16(4)24(36-28)13-27(19)35-23;;;;/h7,12-14,17,21H,1,8-11H2,2-6H3,(H5,35,36,37,38,39,40,41,42,43,44);;;;/q;+2;3*+1/p-5/t17-,21-;;;;/m0..../s1. The van der Waals surface area contributed by atoms with Crippen molar-refractivity contribution < 1.29 is 136 Å². The van der Waals surface area contributed by atoms with Crippen molar-refractivity contribution in [3.8, 4) is 0 Å². The van der Waals surface area contributed by atoms with E-state index >= 15 is 0 Å². The maximum atomic E-state index is 12.5. The summed E-state index contributed by atoms with van der Waals surface area (Å²) in [5.74, 6) is -5.20. The van der Waals surface area contributed by atoms with Gasteiger partial charge in [-0.1, -0.05) is 49.8 Å². The van der Waals surface area contributed by atoms with E-state index in [1.807, 2.05) is 33.8 Å². The summed E-state index contributed by atoms with van der Waals surface area (Å²) in [4.78, 5) is 42.8. The van der Waals surface area contributed by atoms with E-state index in [1.165, 1.54) is 0 Å². The van der Waals surface area contributed by atoms with Gasteiger partial charge in [0.25, 0.3) is 0 Å². The number of aliphatic imine (C=N–C) groups is 3. The Morgan fingerprint density at radius 1 is 0.938 bits per heavy atom. The molecule has 48 heavy (non-hydrogen) atoms. The summed E-state index contributed by atoms with van der Waals surface area (Å²) < 4.78 is 0. The zero-order valence-electron chi connectivity index (χ0n) is 28.5. The Labute approximate surface area is 356 Å². The number of aliphatic carboxylic acids is 2. The molecule has 10 nitrogen and oxygen atoms in total. The monoisotopic (exact) mass is 723 g/mol. The topological polar surface area (TPSA) is 178 Å². The van der Waals surface area contributed by atoms with Gasteiger partial charge in [-0.3, -0.25) is 4.99 Å². The third-order valence-electron chi connectivity index (χ3n) is 8.76. The van der Waals surface area contributed by atoms with Crippen molar-refractivity contribution in [3.63, 3.8) is 0 Å². The van der Waals surface area contributed by atoms with Crippen LogP contribution in [0.25, 0.3) is 12.2 Å². The molecule has 4 aliphatic heterocycles. The van der Waals surface area contributed by atoms with Crippen LogP contribution in [-0.4, -0.2) is 29.1 Å². The fraction of sp³-hybridized carbons (Fsp3) is 0.324. The molecule has 0 aromatic carbocycles. The summed E-state index contributed by atoms with van der Waals surface area (Å²) >= 11 is 0. The zero-order valence-corrected chi connectivity index (χ0v) is 35.5. The smallest absolute Gasteiger partial charge is 0.883 e. The Morgan fingerprint density at radius 3 is 2.17 bits per heavy atom. The summed E-state index contributed by atoms with van der Waals surface area (Å²) in [6.45, 7) is 13.3. The molecular weight excluding hydrogens is 693 g/mol. The maximum Gasteiger partial charge on any atom is 2.00 e. The van der Waals surface area contributed by atoms with Crippen molar-refractivity contribution >= 4 is 41.2 Å². The summed E-state index contributed by atoms with van der Waals surface area (Å²) in [6, 6.07) is 0. The number of carbonyl (C=O) groups is 2. The average Bonchev–Trinajstić information content (AvgIpc) is 3.63. The van der Waals surface area contributed by atoms with Crippen LogP contribution in [0.2, 0.25) is 0 Å². The number of carboxylic acids is 2. The third-order valence-corrected chi connectivity index (χ3v) is 8.76. The molecule has 8 bridgehead atoms. The maximum absolute atomic E-state index is 12.5. The molecular formula is C34H31CuN4Na3O6. The molecule has 4 aliphatic rings. The average molecular weight is 724 g/mol. The van der Waals surface area contributed by atoms with Crippen molar-refractivity contribution in [1.29, 1.82) is 0 Å². The van der Waals surface area contributed by atoms with Crippen molar-refractivity contribution in [1.82, 2.24) is 4.98 Å². The van der Waals surface area contributed by atoms with E-state index in [-0.39, 0.29) is 153 Å². The van der Waals surface area contributed by atoms with E-state index in [0.29, 0.717) is 39.9 Å². The van der Waals surface area contributed by atoms with Gasteiger partial charge in [-0.25, -0.2) is 9.98 Å². The van der Waals surface area contributed by atoms with E-state index < -0.39 is 30.2 Å². The van der Waals surface area contributed by atoms with Gasteiger partial charge in [0, 0.05) is 47.1 Å². The first-order chi connectivity index (χ1) is 20.9. The van der Waals surface area contributed by atoms with Gasteiger partial charge in [0.2, 0.25) is 0 Å². The van der Waals surface area contributed by atoms with Gasteiger partial charge in [0.05, 0.1) is 28.5 Å². The second-order valence-corrected chi connectivity index (χ2v) is 11.3. The molecule has 2 atom stereocenters. The number of allylic oxidation sites excluding steroid dienone is 8. The van der Waals surface area contributed by atoms with Gasteiger partial charge in [-0.2, -0.15) is 5.95 Å². The van der Waals surface area contributed by atoms with Crippen LogP contribution in [0.4, 0.5) is 0 Å². The van der Waals surface area contributed by atoms with Gasteiger partial charge >= 0.3 is 106 Å². The van der Waals surface area contributed by atoms with E-state index in [9.17, 15) is 30.0 Å². The number of fused-ring (bicyclic) bond motifs is 5. The van der Waals surface area contributed by atoms with Gasteiger partial charge in [-0.15, -0.1) is 10.7 Å². The van der Waals surface area contributed by atoms with E-state index in [0.717, 1.165) is 22.3 Å². The summed E-state index contributed by atoms with van der Waals surface area (Å²) in [5, 5.41) is 50.0. The third kappa shape index (κ3) is 8.52. The molecule has 14 heteroatoms. The Balaban J connectivity index is 0.00000288. The van der Waals surface area contributed by atoms with Gasteiger partial charge < -0.3 is 35.0 Å². The number of hydrogen-bond donors (Lipinski definition) is 0. The van der Waals surface area contributed by atoms with Crippen LogP contribution in [0.3, 0.4) is 0 Å².